The monoisotopic (exact) mass is 329 g/mol. The van der Waals surface area contributed by atoms with Gasteiger partial charge < -0.3 is 9.84 Å². The van der Waals surface area contributed by atoms with E-state index < -0.39 is 17.7 Å². The highest BCUT2D eigenvalue weighted by molar-refractivity contribution is 6.10. The third kappa shape index (κ3) is 3.50. The average Bonchev–Trinajstić information content (AvgIpc) is 2.83. The van der Waals surface area contributed by atoms with Crippen molar-refractivity contribution in [2.75, 3.05) is 6.61 Å². The first-order valence-corrected chi connectivity index (χ1v) is 6.66. The Balaban J connectivity index is 2.48. The second-order valence-electron chi connectivity index (χ2n) is 4.66. The summed E-state index contributed by atoms with van der Waals surface area (Å²) in [5.74, 6) is -1.05. The van der Waals surface area contributed by atoms with Crippen LogP contribution in [0.3, 0.4) is 0 Å². The predicted octanol–water partition coefficient (Wildman–Crippen LogP) is 2.31. The van der Waals surface area contributed by atoms with Crippen molar-refractivity contribution in [2.45, 2.75) is 19.7 Å². The topological polar surface area (TPSA) is 77.2 Å². The third-order valence-electron chi connectivity index (χ3n) is 3.10. The van der Waals surface area contributed by atoms with Gasteiger partial charge in [-0.2, -0.15) is 18.3 Å². The number of ketones is 1. The molecule has 6 nitrogen and oxygen atoms in total. The van der Waals surface area contributed by atoms with Crippen LogP contribution in [0.1, 0.15) is 34.2 Å². The number of carbonyl (C=O) groups is 1. The molecular weight excluding hydrogens is 315 g/mol. The van der Waals surface area contributed by atoms with Crippen LogP contribution < -0.4 is 0 Å². The number of pyridine rings is 1. The fourth-order valence-corrected chi connectivity index (χ4v) is 1.91. The lowest BCUT2D eigenvalue weighted by atomic mass is 10.0. The number of rotatable bonds is 5. The summed E-state index contributed by atoms with van der Waals surface area (Å²) in [7, 11) is 1.43. The second-order valence-corrected chi connectivity index (χ2v) is 4.66. The first-order valence-electron chi connectivity index (χ1n) is 6.66. The lowest BCUT2D eigenvalue weighted by molar-refractivity contribution is -0.141. The van der Waals surface area contributed by atoms with Gasteiger partial charge in [0.25, 0.3) is 0 Å². The van der Waals surface area contributed by atoms with E-state index in [-0.39, 0.29) is 35.9 Å². The van der Waals surface area contributed by atoms with Gasteiger partial charge in [-0.25, -0.2) is 9.67 Å². The van der Waals surface area contributed by atoms with E-state index in [1.807, 2.05) is 0 Å². The summed E-state index contributed by atoms with van der Waals surface area (Å²) in [5, 5.41) is 13.5. The van der Waals surface area contributed by atoms with Gasteiger partial charge in [0, 0.05) is 19.2 Å². The molecule has 0 aliphatic carbocycles. The minimum atomic E-state index is -4.63. The SMILES string of the molecule is CCOCc1nc(C(F)(F)F)ccc1C(=O)c1cnn(C)c1O. The Morgan fingerprint density at radius 2 is 2.04 bits per heavy atom. The van der Waals surface area contributed by atoms with Gasteiger partial charge in [0.15, 0.2) is 0 Å². The van der Waals surface area contributed by atoms with Crippen LogP contribution in [-0.4, -0.2) is 32.3 Å². The zero-order valence-electron chi connectivity index (χ0n) is 12.4. The maximum Gasteiger partial charge on any atom is 0.433 e. The van der Waals surface area contributed by atoms with Crippen molar-refractivity contribution in [2.24, 2.45) is 7.05 Å². The number of hydrogen-bond acceptors (Lipinski definition) is 5. The summed E-state index contributed by atoms with van der Waals surface area (Å²) in [6.45, 7) is 1.67. The van der Waals surface area contributed by atoms with E-state index in [4.69, 9.17) is 4.74 Å². The highest BCUT2D eigenvalue weighted by Crippen LogP contribution is 2.29. The molecule has 1 N–H and O–H groups in total. The van der Waals surface area contributed by atoms with Gasteiger partial charge in [-0.15, -0.1) is 0 Å². The molecule has 0 amide bonds. The smallest absolute Gasteiger partial charge is 0.433 e. The molecule has 0 atom stereocenters. The molecule has 0 spiro atoms. The number of aromatic hydroxyl groups is 1. The van der Waals surface area contributed by atoms with E-state index in [1.54, 1.807) is 6.92 Å². The Bertz CT molecular complexity index is 726. The molecular formula is C14H14F3N3O3. The van der Waals surface area contributed by atoms with Gasteiger partial charge in [-0.3, -0.25) is 4.79 Å². The lowest BCUT2D eigenvalue weighted by Crippen LogP contribution is -2.14. The van der Waals surface area contributed by atoms with E-state index in [9.17, 15) is 23.1 Å². The van der Waals surface area contributed by atoms with Crippen molar-refractivity contribution in [1.82, 2.24) is 14.8 Å². The van der Waals surface area contributed by atoms with Crippen molar-refractivity contribution in [3.8, 4) is 5.88 Å². The molecule has 0 aliphatic heterocycles. The molecule has 23 heavy (non-hydrogen) atoms. The average molecular weight is 329 g/mol. The Kier molecular flexibility index (Phi) is 4.69. The summed E-state index contributed by atoms with van der Waals surface area (Å²) in [5.41, 5.74) is -1.45. The van der Waals surface area contributed by atoms with Gasteiger partial charge in [0.1, 0.15) is 11.3 Å². The molecule has 124 valence electrons. The van der Waals surface area contributed by atoms with Crippen molar-refractivity contribution < 1.29 is 27.8 Å². The van der Waals surface area contributed by atoms with Crippen molar-refractivity contribution in [3.63, 3.8) is 0 Å². The predicted molar refractivity (Wildman–Crippen MR) is 72.9 cm³/mol. The standard InChI is InChI=1S/C14H14F3N3O3/c1-3-23-7-10-8(4-5-11(19-10)14(15,16)17)12(21)9-6-18-20(2)13(9)22/h4-6,22H,3,7H2,1-2H3. The van der Waals surface area contributed by atoms with Crippen LogP contribution in [0.5, 0.6) is 5.88 Å². The molecule has 0 fully saturated rings. The van der Waals surface area contributed by atoms with Gasteiger partial charge in [0.2, 0.25) is 11.7 Å². The molecule has 0 unspecified atom stereocenters. The van der Waals surface area contributed by atoms with Crippen LogP contribution in [0.4, 0.5) is 13.2 Å². The van der Waals surface area contributed by atoms with Crippen LogP contribution in [0.25, 0.3) is 0 Å². The highest BCUT2D eigenvalue weighted by Gasteiger charge is 2.34. The van der Waals surface area contributed by atoms with Crippen LogP contribution >= 0.6 is 0 Å². The number of alkyl halides is 3. The minimum absolute atomic E-state index is 0.0743. The molecule has 2 rings (SSSR count). The van der Waals surface area contributed by atoms with Crippen LogP contribution in [-0.2, 0) is 24.6 Å². The minimum Gasteiger partial charge on any atom is -0.493 e. The number of hydrogen-bond donors (Lipinski definition) is 1. The fourth-order valence-electron chi connectivity index (χ4n) is 1.91. The number of nitrogens with zero attached hydrogens (tertiary/aromatic N) is 3. The maximum absolute atomic E-state index is 12.8. The molecule has 2 aromatic rings. The quantitative estimate of drug-likeness (QED) is 0.852. The summed E-state index contributed by atoms with van der Waals surface area (Å²) < 4.78 is 44.5. The number of carbonyl (C=O) groups excluding carboxylic acids is 1. The zero-order valence-corrected chi connectivity index (χ0v) is 12.4. The summed E-state index contributed by atoms with van der Waals surface area (Å²) in [6, 6.07) is 1.75. The van der Waals surface area contributed by atoms with E-state index >= 15 is 0 Å². The molecule has 0 saturated heterocycles. The molecule has 2 heterocycles. The number of halogens is 3. The summed E-state index contributed by atoms with van der Waals surface area (Å²) in [4.78, 5) is 15.9. The van der Waals surface area contributed by atoms with E-state index in [2.05, 4.69) is 10.1 Å². The van der Waals surface area contributed by atoms with Gasteiger partial charge in [-0.05, 0) is 19.1 Å². The molecule has 0 bridgehead atoms. The first kappa shape index (κ1) is 16.9. The van der Waals surface area contributed by atoms with Crippen molar-refractivity contribution >= 4 is 5.78 Å². The molecule has 0 radical (unpaired) electrons. The summed E-state index contributed by atoms with van der Waals surface area (Å²) in [6.07, 6.45) is -3.49. The highest BCUT2D eigenvalue weighted by atomic mass is 19.4. The first-order chi connectivity index (χ1) is 10.8. The molecule has 2 aromatic heterocycles. The normalized spacial score (nSPS) is 11.7. The van der Waals surface area contributed by atoms with Gasteiger partial charge in [-0.1, -0.05) is 0 Å². The van der Waals surface area contributed by atoms with Gasteiger partial charge >= 0.3 is 6.18 Å². The zero-order chi connectivity index (χ0) is 17.2. The largest absolute Gasteiger partial charge is 0.493 e. The number of aryl methyl sites for hydroxylation is 1. The fraction of sp³-hybridized carbons (Fsp3) is 0.357. The van der Waals surface area contributed by atoms with E-state index in [1.165, 1.54) is 7.05 Å². The number of aromatic nitrogens is 3. The Labute approximate surface area is 129 Å². The van der Waals surface area contributed by atoms with Crippen molar-refractivity contribution in [1.29, 1.82) is 0 Å². The van der Waals surface area contributed by atoms with Crippen LogP contribution in [0.2, 0.25) is 0 Å². The molecule has 0 aromatic carbocycles. The number of ether oxygens (including phenoxy) is 1. The maximum atomic E-state index is 12.8. The lowest BCUT2D eigenvalue weighted by Gasteiger charge is -2.11. The molecule has 0 aliphatic rings. The second kappa shape index (κ2) is 6.37. The van der Waals surface area contributed by atoms with E-state index in [0.29, 0.717) is 0 Å². The Morgan fingerprint density at radius 3 is 2.57 bits per heavy atom. The Hall–Kier alpha value is -2.42. The Morgan fingerprint density at radius 1 is 1.35 bits per heavy atom. The van der Waals surface area contributed by atoms with Crippen LogP contribution in [0.15, 0.2) is 18.3 Å². The van der Waals surface area contributed by atoms with Crippen molar-refractivity contribution in [3.05, 3.63) is 40.8 Å². The molecule has 9 heteroatoms. The third-order valence-corrected chi connectivity index (χ3v) is 3.10. The van der Waals surface area contributed by atoms with E-state index in [0.717, 1.165) is 23.0 Å². The van der Waals surface area contributed by atoms with Gasteiger partial charge in [0.05, 0.1) is 18.5 Å². The van der Waals surface area contributed by atoms with Crippen LogP contribution in [0, 0.1) is 0 Å². The molecule has 0 saturated carbocycles. The summed E-state index contributed by atoms with van der Waals surface area (Å²) >= 11 is 0.